The fourth-order valence-electron chi connectivity index (χ4n) is 3.49. The van der Waals surface area contributed by atoms with Gasteiger partial charge in [0.15, 0.2) is 0 Å². The summed E-state index contributed by atoms with van der Waals surface area (Å²) in [7, 11) is 9.14. The van der Waals surface area contributed by atoms with Gasteiger partial charge in [-0.25, -0.2) is 9.13 Å². The molecule has 21 heavy (non-hydrogen) atoms. The first-order chi connectivity index (χ1) is 9.74. The van der Waals surface area contributed by atoms with E-state index in [1.165, 1.54) is 60.2 Å². The standard InChI is InChI=1S/C17H35N4/c1-16(2)21(6)12-10-20(5,11-13-21)9-7-8-17-14-18(3)15-19(17)4/h14-16H,7-13H2,1-6H3/q+3. The second-order valence-corrected chi connectivity index (χ2v) is 7.93. The van der Waals surface area contributed by atoms with E-state index in [2.05, 4.69) is 63.7 Å². The van der Waals surface area contributed by atoms with Gasteiger partial charge in [-0.2, -0.15) is 0 Å². The van der Waals surface area contributed by atoms with Crippen LogP contribution in [-0.2, 0) is 20.5 Å². The number of aryl methyl sites for hydroxylation is 3. The van der Waals surface area contributed by atoms with Gasteiger partial charge in [0.05, 0.1) is 40.8 Å². The third-order valence-electron chi connectivity index (χ3n) is 5.84. The van der Waals surface area contributed by atoms with Gasteiger partial charge < -0.3 is 8.97 Å². The van der Waals surface area contributed by atoms with Gasteiger partial charge in [-0.15, -0.1) is 0 Å². The van der Waals surface area contributed by atoms with Crippen molar-refractivity contribution >= 4 is 0 Å². The Morgan fingerprint density at radius 3 is 2.29 bits per heavy atom. The summed E-state index contributed by atoms with van der Waals surface area (Å²) in [5.41, 5.74) is 1.45. The summed E-state index contributed by atoms with van der Waals surface area (Å²) in [6.07, 6.45) is 6.89. The average molecular weight is 295 g/mol. The molecule has 1 fully saturated rings. The molecular weight excluding hydrogens is 260 g/mol. The van der Waals surface area contributed by atoms with Crippen molar-refractivity contribution in [2.24, 2.45) is 14.1 Å². The van der Waals surface area contributed by atoms with Crippen molar-refractivity contribution in [1.29, 1.82) is 0 Å². The molecule has 2 heterocycles. The van der Waals surface area contributed by atoms with Crippen molar-refractivity contribution in [2.75, 3.05) is 46.8 Å². The first-order valence-corrected chi connectivity index (χ1v) is 8.42. The topological polar surface area (TPSA) is 8.81 Å². The molecule has 0 aromatic carbocycles. The van der Waals surface area contributed by atoms with Crippen molar-refractivity contribution in [3.05, 3.63) is 18.2 Å². The fraction of sp³-hybridized carbons (Fsp3) is 0.824. The van der Waals surface area contributed by atoms with Gasteiger partial charge >= 0.3 is 0 Å². The van der Waals surface area contributed by atoms with Gasteiger partial charge in [0.1, 0.15) is 38.1 Å². The van der Waals surface area contributed by atoms with E-state index in [-0.39, 0.29) is 0 Å². The van der Waals surface area contributed by atoms with Crippen molar-refractivity contribution in [1.82, 2.24) is 4.57 Å². The van der Waals surface area contributed by atoms with Gasteiger partial charge in [-0.05, 0) is 13.8 Å². The first kappa shape index (κ1) is 16.5. The summed E-state index contributed by atoms with van der Waals surface area (Å²) < 4.78 is 6.92. The number of hydrogen-bond donors (Lipinski definition) is 0. The average Bonchev–Trinajstić information content (AvgIpc) is 2.72. The van der Waals surface area contributed by atoms with Crippen LogP contribution >= 0.6 is 0 Å². The van der Waals surface area contributed by atoms with E-state index in [4.69, 9.17) is 0 Å². The van der Waals surface area contributed by atoms with Gasteiger partial charge in [-0.3, -0.25) is 0 Å². The van der Waals surface area contributed by atoms with E-state index in [1.54, 1.807) is 0 Å². The minimum atomic E-state index is 0.752. The number of quaternary nitrogens is 2. The van der Waals surface area contributed by atoms with E-state index < -0.39 is 0 Å². The molecule has 0 bridgehead atoms. The highest BCUT2D eigenvalue weighted by molar-refractivity contribution is 4.92. The number of nitrogens with zero attached hydrogens (tertiary/aromatic N) is 4. The predicted molar refractivity (Wildman–Crippen MR) is 86.7 cm³/mol. The molecule has 1 aromatic heterocycles. The lowest BCUT2D eigenvalue weighted by Crippen LogP contribution is -2.66. The summed E-state index contributed by atoms with van der Waals surface area (Å²) in [5, 5.41) is 0. The van der Waals surface area contributed by atoms with E-state index in [0.717, 1.165) is 6.04 Å². The van der Waals surface area contributed by atoms with Gasteiger partial charge in [0.2, 0.25) is 6.33 Å². The van der Waals surface area contributed by atoms with Crippen LogP contribution < -0.4 is 4.57 Å². The van der Waals surface area contributed by atoms with Gasteiger partial charge in [0, 0.05) is 12.8 Å². The molecule has 4 nitrogen and oxygen atoms in total. The second kappa shape index (κ2) is 6.09. The Balaban J connectivity index is 1.82. The van der Waals surface area contributed by atoms with Crippen LogP contribution in [-0.4, -0.2) is 66.4 Å². The van der Waals surface area contributed by atoms with Crippen LogP contribution in [0.1, 0.15) is 26.0 Å². The number of hydrogen-bond acceptors (Lipinski definition) is 0. The highest BCUT2D eigenvalue weighted by atomic mass is 15.5. The lowest BCUT2D eigenvalue weighted by Gasteiger charge is -2.48. The number of imidazole rings is 1. The quantitative estimate of drug-likeness (QED) is 0.568. The Kier molecular flexibility index (Phi) is 4.79. The Labute approximate surface area is 130 Å². The molecule has 0 unspecified atom stereocenters. The molecule has 0 aliphatic carbocycles. The largest absolute Gasteiger partial charge is 0.317 e. The molecular formula is C17H35N4+3. The van der Waals surface area contributed by atoms with Crippen LogP contribution in [0.15, 0.2) is 12.5 Å². The van der Waals surface area contributed by atoms with Crippen molar-refractivity contribution in [2.45, 2.75) is 32.7 Å². The molecule has 0 spiro atoms. The van der Waals surface area contributed by atoms with Crippen LogP contribution in [0.5, 0.6) is 0 Å². The molecule has 1 aliphatic heterocycles. The molecule has 1 aromatic rings. The van der Waals surface area contributed by atoms with Gasteiger partial charge in [0.25, 0.3) is 0 Å². The molecule has 0 amide bonds. The molecule has 0 saturated carbocycles. The number of aromatic nitrogens is 2. The van der Waals surface area contributed by atoms with Crippen LogP contribution in [0, 0.1) is 0 Å². The maximum Gasteiger partial charge on any atom is 0.243 e. The number of rotatable bonds is 5. The minimum Gasteiger partial charge on any atom is -0.317 e. The Morgan fingerprint density at radius 1 is 1.19 bits per heavy atom. The van der Waals surface area contributed by atoms with Crippen molar-refractivity contribution in [3.8, 4) is 0 Å². The third kappa shape index (κ3) is 3.86. The second-order valence-electron chi connectivity index (χ2n) is 7.93. The summed E-state index contributed by atoms with van der Waals surface area (Å²) >= 11 is 0. The van der Waals surface area contributed by atoms with E-state index in [9.17, 15) is 0 Å². The lowest BCUT2D eigenvalue weighted by atomic mass is 10.1. The third-order valence-corrected chi connectivity index (χ3v) is 5.84. The first-order valence-electron chi connectivity index (χ1n) is 8.42. The van der Waals surface area contributed by atoms with Crippen LogP contribution in [0.4, 0.5) is 0 Å². The fourth-order valence-corrected chi connectivity index (χ4v) is 3.49. The summed E-state index contributed by atoms with van der Waals surface area (Å²) in [6.45, 7) is 11.4. The maximum atomic E-state index is 2.45. The Bertz CT molecular complexity index is 467. The smallest absolute Gasteiger partial charge is 0.243 e. The van der Waals surface area contributed by atoms with Crippen LogP contribution in [0.2, 0.25) is 0 Å². The van der Waals surface area contributed by atoms with E-state index in [1.807, 2.05) is 0 Å². The molecule has 120 valence electrons. The highest BCUT2D eigenvalue weighted by Crippen LogP contribution is 2.19. The van der Waals surface area contributed by atoms with E-state index >= 15 is 0 Å². The Morgan fingerprint density at radius 2 is 1.81 bits per heavy atom. The zero-order chi connectivity index (χ0) is 15.7. The molecule has 0 N–H and O–H groups in total. The predicted octanol–water partition coefficient (Wildman–Crippen LogP) is 1.10. The minimum absolute atomic E-state index is 0.752. The van der Waals surface area contributed by atoms with Crippen LogP contribution in [0.3, 0.4) is 0 Å². The van der Waals surface area contributed by atoms with E-state index in [0.29, 0.717) is 0 Å². The Hall–Kier alpha value is -0.870. The SMILES string of the molecule is CC(C)[N+]1(C)CC[N+](C)(CCCc2c[n+](C)cn2C)CC1. The molecule has 0 radical (unpaired) electrons. The van der Waals surface area contributed by atoms with Gasteiger partial charge in [-0.1, -0.05) is 0 Å². The zero-order valence-corrected chi connectivity index (χ0v) is 15.0. The molecule has 0 atom stereocenters. The molecule has 4 heteroatoms. The summed E-state index contributed by atoms with van der Waals surface area (Å²) in [5.74, 6) is 0. The van der Waals surface area contributed by atoms with Crippen LogP contribution in [0.25, 0.3) is 0 Å². The molecule has 1 saturated heterocycles. The maximum absolute atomic E-state index is 2.45. The van der Waals surface area contributed by atoms with Crippen molar-refractivity contribution in [3.63, 3.8) is 0 Å². The number of likely N-dealkylation sites (N-methyl/N-ethyl adjacent to an activating group) is 2. The lowest BCUT2D eigenvalue weighted by molar-refractivity contribution is -1.02. The highest BCUT2D eigenvalue weighted by Gasteiger charge is 2.38. The monoisotopic (exact) mass is 295 g/mol. The summed E-state index contributed by atoms with van der Waals surface area (Å²) in [6, 6.07) is 0.752. The normalized spacial score (nSPS) is 30.0. The molecule has 2 rings (SSSR count). The zero-order valence-electron chi connectivity index (χ0n) is 15.0. The molecule has 1 aliphatic rings. The number of piperazine rings is 1. The van der Waals surface area contributed by atoms with Crippen molar-refractivity contribution < 1.29 is 13.5 Å². The summed E-state index contributed by atoms with van der Waals surface area (Å²) in [4.78, 5) is 0.